The minimum Gasteiger partial charge on any atom is -0.496 e. The summed E-state index contributed by atoms with van der Waals surface area (Å²) in [6.45, 7) is 0. The molecule has 0 N–H and O–H groups in total. The Bertz CT molecular complexity index is 962. The van der Waals surface area contributed by atoms with Crippen molar-refractivity contribution in [1.29, 1.82) is 0 Å². The maximum Gasteiger partial charge on any atom is 0.271 e. The Hall–Kier alpha value is -2.23. The molecule has 1 amide bonds. The molecule has 1 aliphatic rings. The fraction of sp³-hybridized carbons (Fsp3) is 0.0588. The standard InChI is InChI=1S/C17H11BrN2O4S2/c1-24-14-6-5-10(7-13(14)18)8-15-16(21)19(17(25)26-15)11-3-2-4-12(9-11)20(22)23/h2-9H,1H3. The number of nitro benzene ring substituents is 1. The summed E-state index contributed by atoms with van der Waals surface area (Å²) in [7, 11) is 1.57. The fourth-order valence-corrected chi connectivity index (χ4v) is 4.22. The van der Waals surface area contributed by atoms with Crippen LogP contribution in [0.3, 0.4) is 0 Å². The highest BCUT2D eigenvalue weighted by atomic mass is 79.9. The van der Waals surface area contributed by atoms with Crippen LogP contribution in [0.5, 0.6) is 5.75 Å². The molecule has 2 aromatic carbocycles. The maximum absolute atomic E-state index is 12.8. The number of methoxy groups -OCH3 is 1. The van der Waals surface area contributed by atoms with E-state index >= 15 is 0 Å². The first-order valence-corrected chi connectivity index (χ1v) is 9.28. The van der Waals surface area contributed by atoms with Crippen LogP contribution in [0.25, 0.3) is 6.08 Å². The second-order valence-corrected chi connectivity index (χ2v) is 7.72. The Balaban J connectivity index is 1.93. The van der Waals surface area contributed by atoms with Crippen molar-refractivity contribution in [2.24, 2.45) is 0 Å². The Labute approximate surface area is 167 Å². The van der Waals surface area contributed by atoms with Gasteiger partial charge in [-0.3, -0.25) is 19.8 Å². The van der Waals surface area contributed by atoms with Gasteiger partial charge >= 0.3 is 0 Å². The average Bonchev–Trinajstić information content (AvgIpc) is 2.88. The van der Waals surface area contributed by atoms with Crippen LogP contribution in [0.2, 0.25) is 0 Å². The molecule has 0 saturated carbocycles. The van der Waals surface area contributed by atoms with E-state index in [4.69, 9.17) is 17.0 Å². The molecule has 0 radical (unpaired) electrons. The molecule has 0 atom stereocenters. The number of nitrogens with zero attached hydrogens (tertiary/aromatic N) is 2. The van der Waals surface area contributed by atoms with Gasteiger partial charge in [0.05, 0.1) is 27.1 Å². The number of non-ortho nitro benzene ring substituents is 1. The maximum atomic E-state index is 12.8. The van der Waals surface area contributed by atoms with Crippen LogP contribution in [0.1, 0.15) is 5.56 Å². The molecule has 0 bridgehead atoms. The smallest absolute Gasteiger partial charge is 0.271 e. The number of benzene rings is 2. The molecule has 1 aliphatic heterocycles. The van der Waals surface area contributed by atoms with Gasteiger partial charge in [-0.1, -0.05) is 36.1 Å². The van der Waals surface area contributed by atoms with Crippen molar-refractivity contribution in [1.82, 2.24) is 0 Å². The van der Waals surface area contributed by atoms with Gasteiger partial charge in [0.15, 0.2) is 4.32 Å². The molecule has 6 nitrogen and oxygen atoms in total. The lowest BCUT2D eigenvalue weighted by atomic mass is 10.2. The molecule has 1 fully saturated rings. The van der Waals surface area contributed by atoms with Gasteiger partial charge in [-0.25, -0.2) is 0 Å². The lowest BCUT2D eigenvalue weighted by Gasteiger charge is -2.13. The summed E-state index contributed by atoms with van der Waals surface area (Å²) in [6.07, 6.45) is 1.72. The first-order chi connectivity index (χ1) is 12.4. The highest BCUT2D eigenvalue weighted by molar-refractivity contribution is 9.10. The molecule has 2 aromatic rings. The van der Waals surface area contributed by atoms with Crippen molar-refractivity contribution < 1.29 is 14.5 Å². The Kier molecular flexibility index (Phi) is 5.40. The van der Waals surface area contributed by atoms with Crippen LogP contribution in [-0.4, -0.2) is 22.3 Å². The first-order valence-electron chi connectivity index (χ1n) is 7.26. The van der Waals surface area contributed by atoms with E-state index in [9.17, 15) is 14.9 Å². The number of anilines is 1. The number of thioether (sulfide) groups is 1. The number of halogens is 1. The zero-order valence-corrected chi connectivity index (χ0v) is 16.6. The van der Waals surface area contributed by atoms with Gasteiger partial charge in [0.1, 0.15) is 5.75 Å². The summed E-state index contributed by atoms with van der Waals surface area (Å²) in [5, 5.41) is 11.0. The Morgan fingerprint density at radius 3 is 2.73 bits per heavy atom. The van der Waals surface area contributed by atoms with Crippen molar-refractivity contribution in [2.45, 2.75) is 0 Å². The van der Waals surface area contributed by atoms with Gasteiger partial charge in [0.2, 0.25) is 0 Å². The summed E-state index contributed by atoms with van der Waals surface area (Å²) >= 11 is 9.86. The second kappa shape index (κ2) is 7.56. The molecule has 0 unspecified atom stereocenters. The van der Waals surface area contributed by atoms with Gasteiger partial charge in [0.25, 0.3) is 11.6 Å². The number of carbonyl (C=O) groups excluding carboxylic acids is 1. The summed E-state index contributed by atoms with van der Waals surface area (Å²) in [4.78, 5) is 24.9. The molecule has 9 heteroatoms. The Morgan fingerprint density at radius 2 is 2.08 bits per heavy atom. The van der Waals surface area contributed by atoms with E-state index in [-0.39, 0.29) is 11.6 Å². The van der Waals surface area contributed by atoms with Crippen LogP contribution in [-0.2, 0) is 4.79 Å². The Morgan fingerprint density at radius 1 is 1.31 bits per heavy atom. The van der Waals surface area contributed by atoms with E-state index in [1.165, 1.54) is 23.1 Å². The van der Waals surface area contributed by atoms with Crippen molar-refractivity contribution in [3.05, 3.63) is 67.5 Å². The topological polar surface area (TPSA) is 72.7 Å². The predicted octanol–water partition coefficient (Wildman–Crippen LogP) is 4.77. The number of hydrogen-bond donors (Lipinski definition) is 0. The number of carbonyl (C=O) groups is 1. The molecule has 3 rings (SSSR count). The molecule has 26 heavy (non-hydrogen) atoms. The third kappa shape index (κ3) is 3.64. The molecular weight excluding hydrogens is 440 g/mol. The number of amides is 1. The molecular formula is C17H11BrN2O4S2. The van der Waals surface area contributed by atoms with Gasteiger partial charge in [-0.2, -0.15) is 0 Å². The molecule has 1 saturated heterocycles. The lowest BCUT2D eigenvalue weighted by Crippen LogP contribution is -2.27. The lowest BCUT2D eigenvalue weighted by molar-refractivity contribution is -0.384. The van der Waals surface area contributed by atoms with E-state index < -0.39 is 4.92 Å². The van der Waals surface area contributed by atoms with Crippen molar-refractivity contribution in [3.63, 3.8) is 0 Å². The van der Waals surface area contributed by atoms with Crippen molar-refractivity contribution in [2.75, 3.05) is 12.0 Å². The van der Waals surface area contributed by atoms with Crippen LogP contribution in [0.15, 0.2) is 51.8 Å². The summed E-state index contributed by atoms with van der Waals surface area (Å²) in [5.74, 6) is 0.374. The highest BCUT2D eigenvalue weighted by Gasteiger charge is 2.33. The first kappa shape index (κ1) is 18.6. The number of rotatable bonds is 4. The second-order valence-electron chi connectivity index (χ2n) is 5.19. The van der Waals surface area contributed by atoms with Gasteiger partial charge in [-0.15, -0.1) is 0 Å². The van der Waals surface area contributed by atoms with Gasteiger partial charge in [0, 0.05) is 12.1 Å². The van der Waals surface area contributed by atoms with E-state index in [0.29, 0.717) is 20.7 Å². The average molecular weight is 451 g/mol. The van der Waals surface area contributed by atoms with Gasteiger partial charge in [-0.05, 0) is 45.8 Å². The zero-order valence-electron chi connectivity index (χ0n) is 13.3. The SMILES string of the molecule is COc1ccc(C=C2SC(=S)N(c3cccc([N+](=O)[O-])c3)C2=O)cc1Br. The van der Waals surface area contributed by atoms with Gasteiger partial charge < -0.3 is 4.74 Å². The van der Waals surface area contributed by atoms with Crippen LogP contribution in [0.4, 0.5) is 11.4 Å². The summed E-state index contributed by atoms with van der Waals surface area (Å²) < 4.78 is 6.28. The monoisotopic (exact) mass is 450 g/mol. The van der Waals surface area contributed by atoms with E-state index in [0.717, 1.165) is 21.8 Å². The molecule has 1 heterocycles. The van der Waals surface area contributed by atoms with E-state index in [2.05, 4.69) is 15.9 Å². The van der Waals surface area contributed by atoms with Crippen LogP contribution >= 0.6 is 39.9 Å². The fourth-order valence-electron chi connectivity index (χ4n) is 2.36. The van der Waals surface area contributed by atoms with Crippen LogP contribution < -0.4 is 9.64 Å². The third-order valence-electron chi connectivity index (χ3n) is 3.57. The van der Waals surface area contributed by atoms with E-state index in [1.807, 2.05) is 12.1 Å². The number of thiocarbonyl (C=S) groups is 1. The number of ether oxygens (including phenoxy) is 1. The minimum absolute atomic E-state index is 0.0976. The highest BCUT2D eigenvalue weighted by Crippen LogP contribution is 2.37. The van der Waals surface area contributed by atoms with Crippen molar-refractivity contribution >= 4 is 67.6 Å². The number of nitro groups is 1. The third-order valence-corrected chi connectivity index (χ3v) is 5.49. The van der Waals surface area contributed by atoms with Crippen LogP contribution in [0, 0.1) is 10.1 Å². The zero-order chi connectivity index (χ0) is 18.8. The normalized spacial score (nSPS) is 15.6. The molecule has 0 aliphatic carbocycles. The minimum atomic E-state index is -0.508. The molecule has 132 valence electrons. The summed E-state index contributed by atoms with van der Waals surface area (Å²) in [5.41, 5.74) is 1.08. The van der Waals surface area contributed by atoms with E-state index in [1.54, 1.807) is 25.3 Å². The predicted molar refractivity (Wildman–Crippen MR) is 109 cm³/mol. The number of hydrogen-bond acceptors (Lipinski definition) is 6. The van der Waals surface area contributed by atoms with Crippen molar-refractivity contribution in [3.8, 4) is 5.75 Å². The largest absolute Gasteiger partial charge is 0.496 e. The summed E-state index contributed by atoms with van der Waals surface area (Å²) in [6, 6.07) is 11.3. The molecule has 0 aromatic heterocycles. The molecule has 0 spiro atoms. The quantitative estimate of drug-likeness (QED) is 0.289.